The van der Waals surface area contributed by atoms with E-state index in [1.807, 2.05) is 6.26 Å². The van der Waals surface area contributed by atoms with Crippen molar-refractivity contribution in [2.24, 2.45) is 5.73 Å². The number of nitrogens with one attached hydrogen (secondary N) is 3. The number of carbonyl (C=O) groups is 4. The number of hydrogen-bond donors (Lipinski definition) is 7. The van der Waals surface area contributed by atoms with Gasteiger partial charge in [-0.1, -0.05) is 0 Å². The Morgan fingerprint density at radius 1 is 1.19 bits per heavy atom. The zero-order valence-corrected chi connectivity index (χ0v) is 16.3. The summed E-state index contributed by atoms with van der Waals surface area (Å²) in [7, 11) is 0. The summed E-state index contributed by atoms with van der Waals surface area (Å²) in [5.41, 5.74) is 5.46. The van der Waals surface area contributed by atoms with Crippen LogP contribution < -0.4 is 21.7 Å². The van der Waals surface area contributed by atoms with Crippen molar-refractivity contribution in [2.45, 2.75) is 37.6 Å². The van der Waals surface area contributed by atoms with E-state index in [9.17, 15) is 24.3 Å². The summed E-state index contributed by atoms with van der Waals surface area (Å²) < 4.78 is 0. The number of nitrogens with two attached hydrogens (primary N) is 1. The number of carbonyl (C=O) groups excluding carboxylic acids is 3. The van der Waals surface area contributed by atoms with Crippen molar-refractivity contribution in [3.05, 3.63) is 0 Å². The van der Waals surface area contributed by atoms with Crippen molar-refractivity contribution in [3.63, 3.8) is 0 Å². The second-order valence-electron chi connectivity index (χ2n) is 5.47. The minimum atomic E-state index is -1.50. The lowest BCUT2D eigenvalue weighted by atomic mass is 10.1. The molecule has 0 aliphatic carbocycles. The molecule has 0 rings (SSSR count). The lowest BCUT2D eigenvalue weighted by molar-refractivity contribution is -0.145. The Kier molecular flexibility index (Phi) is 12.1. The molecule has 0 heterocycles. The minimum absolute atomic E-state index is 0.113. The van der Waals surface area contributed by atoms with E-state index in [4.69, 9.17) is 10.8 Å². The molecule has 150 valence electrons. The van der Waals surface area contributed by atoms with Gasteiger partial charge in [0.1, 0.15) is 6.04 Å². The van der Waals surface area contributed by atoms with Crippen molar-refractivity contribution in [1.82, 2.24) is 16.0 Å². The number of thioether (sulfide) groups is 1. The molecule has 0 aromatic heterocycles. The third kappa shape index (κ3) is 9.27. The van der Waals surface area contributed by atoms with E-state index < -0.39 is 47.9 Å². The highest BCUT2D eigenvalue weighted by molar-refractivity contribution is 7.98. The number of hydrogen-bond acceptors (Lipinski definition) is 8. The quantitative estimate of drug-likeness (QED) is 0.174. The summed E-state index contributed by atoms with van der Waals surface area (Å²) in [4.78, 5) is 46.8. The Balaban J connectivity index is 4.81. The third-order valence-electron chi connectivity index (χ3n) is 3.27. The maximum absolute atomic E-state index is 12.3. The average molecular weight is 411 g/mol. The van der Waals surface area contributed by atoms with Crippen LogP contribution in [0.4, 0.5) is 0 Å². The summed E-state index contributed by atoms with van der Waals surface area (Å²) in [5, 5.41) is 25.4. The van der Waals surface area contributed by atoms with Crippen molar-refractivity contribution >= 4 is 48.1 Å². The second kappa shape index (κ2) is 12.8. The van der Waals surface area contributed by atoms with Gasteiger partial charge in [0.25, 0.3) is 0 Å². The first-order valence-corrected chi connectivity index (χ1v) is 9.80. The first-order chi connectivity index (χ1) is 12.1. The summed E-state index contributed by atoms with van der Waals surface area (Å²) in [6, 6.07) is -3.36. The Morgan fingerprint density at radius 2 is 1.81 bits per heavy atom. The molecular formula is C14H26N4O6S2. The van der Waals surface area contributed by atoms with Crippen LogP contribution in [0.3, 0.4) is 0 Å². The average Bonchev–Trinajstić information content (AvgIpc) is 2.59. The van der Waals surface area contributed by atoms with Crippen molar-refractivity contribution in [2.75, 3.05) is 24.3 Å². The maximum atomic E-state index is 12.3. The Morgan fingerprint density at radius 3 is 2.27 bits per heavy atom. The fraction of sp³-hybridized carbons (Fsp3) is 0.714. The van der Waals surface area contributed by atoms with E-state index in [2.05, 4.69) is 28.6 Å². The van der Waals surface area contributed by atoms with Crippen molar-refractivity contribution in [3.8, 4) is 0 Å². The molecule has 0 bridgehead atoms. The number of aliphatic carboxylic acids is 1. The number of thiol groups is 1. The molecule has 26 heavy (non-hydrogen) atoms. The highest BCUT2D eigenvalue weighted by Crippen LogP contribution is 2.03. The van der Waals surface area contributed by atoms with Gasteiger partial charge in [-0.05, 0) is 25.4 Å². The molecule has 0 fully saturated rings. The normalized spacial score (nSPS) is 15.3. The molecule has 12 heteroatoms. The van der Waals surface area contributed by atoms with Gasteiger partial charge in [-0.25, -0.2) is 4.79 Å². The molecule has 0 aliphatic rings. The fourth-order valence-corrected chi connectivity index (χ4v) is 2.41. The van der Waals surface area contributed by atoms with Gasteiger partial charge in [0, 0.05) is 5.75 Å². The second-order valence-corrected chi connectivity index (χ2v) is 6.82. The maximum Gasteiger partial charge on any atom is 0.328 e. The summed E-state index contributed by atoms with van der Waals surface area (Å²) in [6.07, 6.45) is 0.746. The van der Waals surface area contributed by atoms with Crippen LogP contribution in [0.5, 0.6) is 0 Å². The molecule has 0 saturated carbocycles. The van der Waals surface area contributed by atoms with Gasteiger partial charge >= 0.3 is 5.97 Å². The van der Waals surface area contributed by atoms with Crippen LogP contribution in [0.15, 0.2) is 0 Å². The zero-order chi connectivity index (χ0) is 20.3. The molecule has 0 aliphatic heterocycles. The third-order valence-corrected chi connectivity index (χ3v) is 4.30. The molecule has 4 unspecified atom stereocenters. The monoisotopic (exact) mass is 410 g/mol. The highest BCUT2D eigenvalue weighted by atomic mass is 32.2. The van der Waals surface area contributed by atoms with E-state index in [0.29, 0.717) is 5.75 Å². The Bertz CT molecular complexity index is 506. The van der Waals surface area contributed by atoms with Gasteiger partial charge in [-0.2, -0.15) is 24.4 Å². The van der Waals surface area contributed by atoms with Gasteiger partial charge in [0.15, 0.2) is 6.04 Å². The smallest absolute Gasteiger partial charge is 0.328 e. The van der Waals surface area contributed by atoms with E-state index in [1.165, 1.54) is 18.7 Å². The van der Waals surface area contributed by atoms with Crippen LogP contribution in [-0.4, -0.2) is 82.4 Å². The predicted octanol–water partition coefficient (Wildman–Crippen LogP) is -2.45. The first-order valence-electron chi connectivity index (χ1n) is 7.77. The standard InChI is InChI=1S/C14H26N4O6S2/c1-7(19)11(14(23)24)18-13(22)9(3-4-26-2)17-10(20)5-16-12(21)8(15)6-25/h7-9,11,19,25H,3-6,15H2,1-2H3,(H,16,21)(H,17,20)(H,18,22)(H,23,24). The number of amides is 3. The van der Waals surface area contributed by atoms with Gasteiger partial charge in [0.2, 0.25) is 17.7 Å². The predicted molar refractivity (Wildman–Crippen MR) is 101 cm³/mol. The molecule has 0 aromatic carbocycles. The number of rotatable bonds is 12. The van der Waals surface area contributed by atoms with Crippen LogP contribution in [0.25, 0.3) is 0 Å². The first kappa shape index (κ1) is 24.5. The highest BCUT2D eigenvalue weighted by Gasteiger charge is 2.29. The van der Waals surface area contributed by atoms with E-state index >= 15 is 0 Å². The van der Waals surface area contributed by atoms with Gasteiger partial charge in [0.05, 0.1) is 18.7 Å². The summed E-state index contributed by atoms with van der Waals surface area (Å²) >= 11 is 5.31. The molecule has 0 spiro atoms. The van der Waals surface area contributed by atoms with Crippen LogP contribution in [0.1, 0.15) is 13.3 Å². The van der Waals surface area contributed by atoms with Crippen LogP contribution in [0, 0.1) is 0 Å². The minimum Gasteiger partial charge on any atom is -0.480 e. The number of aliphatic hydroxyl groups excluding tert-OH is 1. The SMILES string of the molecule is CSCCC(NC(=O)CNC(=O)C(N)CS)C(=O)NC(C(=O)O)C(C)O. The summed E-state index contributed by atoms with van der Waals surface area (Å²) in [5.74, 6) is -2.67. The molecular weight excluding hydrogens is 384 g/mol. The topological polar surface area (TPSA) is 171 Å². The zero-order valence-electron chi connectivity index (χ0n) is 14.6. The van der Waals surface area contributed by atoms with Crippen molar-refractivity contribution in [1.29, 1.82) is 0 Å². The molecule has 3 amide bonds. The number of aliphatic hydroxyl groups is 1. The number of carboxylic acid groups (broad SMARTS) is 1. The fourth-order valence-electron chi connectivity index (χ4n) is 1.77. The van der Waals surface area contributed by atoms with Crippen molar-refractivity contribution < 1.29 is 29.4 Å². The largest absolute Gasteiger partial charge is 0.480 e. The van der Waals surface area contributed by atoms with Crippen LogP contribution in [0.2, 0.25) is 0 Å². The van der Waals surface area contributed by atoms with Gasteiger partial charge in [-0.15, -0.1) is 0 Å². The molecule has 7 N–H and O–H groups in total. The number of carboxylic acids is 1. The van der Waals surface area contributed by atoms with E-state index in [1.54, 1.807) is 0 Å². The van der Waals surface area contributed by atoms with Gasteiger partial charge in [-0.3, -0.25) is 14.4 Å². The Labute approximate surface area is 161 Å². The van der Waals surface area contributed by atoms with E-state index in [0.717, 1.165) is 0 Å². The van der Waals surface area contributed by atoms with Crippen LogP contribution >= 0.6 is 24.4 Å². The van der Waals surface area contributed by atoms with Crippen LogP contribution in [-0.2, 0) is 19.2 Å². The van der Waals surface area contributed by atoms with Gasteiger partial charge < -0.3 is 31.9 Å². The molecule has 4 atom stereocenters. The molecule has 10 nitrogen and oxygen atoms in total. The molecule has 0 saturated heterocycles. The Hall–Kier alpha value is -1.50. The summed E-state index contributed by atoms with van der Waals surface area (Å²) in [6.45, 7) is 0.844. The lowest BCUT2D eigenvalue weighted by Crippen LogP contribution is -2.56. The molecule has 0 radical (unpaired) electrons. The molecule has 0 aromatic rings. The lowest BCUT2D eigenvalue weighted by Gasteiger charge is -2.22. The van der Waals surface area contributed by atoms with E-state index in [-0.39, 0.29) is 18.7 Å².